The van der Waals surface area contributed by atoms with Crippen molar-refractivity contribution in [2.75, 3.05) is 0 Å². The Labute approximate surface area is 120 Å². The number of pyridine rings is 1. The van der Waals surface area contributed by atoms with E-state index < -0.39 is 0 Å². The van der Waals surface area contributed by atoms with E-state index in [0.29, 0.717) is 23.4 Å². The molecule has 1 aromatic carbocycles. The van der Waals surface area contributed by atoms with Crippen LogP contribution in [0.15, 0.2) is 48.9 Å². The van der Waals surface area contributed by atoms with Gasteiger partial charge in [0.15, 0.2) is 0 Å². The number of rotatable bonds is 3. The average molecular weight is 278 g/mol. The molecule has 0 spiro atoms. The molecule has 0 aliphatic rings. The van der Waals surface area contributed by atoms with Crippen LogP contribution in [0.25, 0.3) is 11.4 Å². The van der Waals surface area contributed by atoms with Gasteiger partial charge in [0.1, 0.15) is 11.5 Å². The Kier molecular flexibility index (Phi) is 3.44. The Balaban J connectivity index is 1.96. The van der Waals surface area contributed by atoms with Gasteiger partial charge >= 0.3 is 0 Å². The lowest BCUT2D eigenvalue weighted by Crippen LogP contribution is -1.94. The van der Waals surface area contributed by atoms with Crippen molar-refractivity contribution in [2.24, 2.45) is 0 Å². The second kappa shape index (κ2) is 5.55. The number of halogens is 1. The molecule has 0 amide bonds. The minimum absolute atomic E-state index is 0.266. The van der Waals surface area contributed by atoms with E-state index in [2.05, 4.69) is 21.0 Å². The highest BCUT2D eigenvalue weighted by Gasteiger charge is 2.11. The molecule has 2 heterocycles. The van der Waals surface area contributed by atoms with Gasteiger partial charge in [-0.15, -0.1) is 0 Å². The van der Waals surface area contributed by atoms with E-state index in [9.17, 15) is 4.39 Å². The first-order valence-electron chi connectivity index (χ1n) is 6.39. The van der Waals surface area contributed by atoms with Crippen LogP contribution in [-0.4, -0.2) is 15.0 Å². The summed E-state index contributed by atoms with van der Waals surface area (Å²) in [5.74, 6) is -0.266. The van der Waals surface area contributed by atoms with Crippen LogP contribution >= 0.6 is 0 Å². The number of hydrogen-bond donors (Lipinski definition) is 1. The van der Waals surface area contributed by atoms with E-state index in [0.717, 1.165) is 11.3 Å². The van der Waals surface area contributed by atoms with E-state index in [1.807, 2.05) is 6.07 Å². The summed E-state index contributed by atoms with van der Waals surface area (Å²) in [5, 5.41) is 8.95. The molecular weight excluding hydrogens is 267 g/mol. The first-order chi connectivity index (χ1) is 10.3. The number of nitrogens with one attached hydrogen (secondary N) is 1. The quantitative estimate of drug-likeness (QED) is 0.800. The molecule has 102 valence electrons. The third-order valence-electron chi connectivity index (χ3n) is 3.12. The van der Waals surface area contributed by atoms with Crippen LogP contribution in [0.3, 0.4) is 0 Å². The van der Waals surface area contributed by atoms with Crippen LogP contribution in [-0.2, 0) is 6.42 Å². The molecule has 0 atom stereocenters. The first-order valence-corrected chi connectivity index (χ1v) is 6.39. The normalized spacial score (nSPS) is 10.3. The standard InChI is InChI=1S/C16H11FN4/c17-13-3-1-2-11(6-13)7-15-16(21-10-20-15)14-8-12(9-18)4-5-19-14/h1-6,8,10H,7H2,(H,20,21). The predicted octanol–water partition coefficient (Wildman–Crippen LogP) is 3.07. The van der Waals surface area contributed by atoms with Gasteiger partial charge in [0.2, 0.25) is 0 Å². The fourth-order valence-electron chi connectivity index (χ4n) is 2.16. The van der Waals surface area contributed by atoms with Crippen molar-refractivity contribution in [3.8, 4) is 17.5 Å². The van der Waals surface area contributed by atoms with E-state index in [1.54, 1.807) is 30.7 Å². The molecule has 2 aromatic heterocycles. The molecule has 5 heteroatoms. The van der Waals surface area contributed by atoms with Gasteiger partial charge in [-0.05, 0) is 29.8 Å². The maximum Gasteiger partial charge on any atom is 0.123 e. The molecule has 0 saturated heterocycles. The largest absolute Gasteiger partial charge is 0.348 e. The molecular formula is C16H11FN4. The summed E-state index contributed by atoms with van der Waals surface area (Å²) < 4.78 is 13.2. The molecule has 4 nitrogen and oxygen atoms in total. The SMILES string of the molecule is N#Cc1ccnc(-c2nc[nH]c2Cc2cccc(F)c2)c1. The van der Waals surface area contributed by atoms with Crippen molar-refractivity contribution in [3.63, 3.8) is 0 Å². The van der Waals surface area contributed by atoms with Crippen molar-refractivity contribution >= 4 is 0 Å². The van der Waals surface area contributed by atoms with Crippen LogP contribution in [0.2, 0.25) is 0 Å². The molecule has 0 bridgehead atoms. The molecule has 1 N–H and O–H groups in total. The molecule has 0 aliphatic heterocycles. The zero-order chi connectivity index (χ0) is 14.7. The summed E-state index contributed by atoms with van der Waals surface area (Å²) in [6.07, 6.45) is 3.67. The lowest BCUT2D eigenvalue weighted by atomic mass is 10.1. The second-order valence-corrected chi connectivity index (χ2v) is 4.58. The molecule has 3 rings (SSSR count). The number of H-pyrrole nitrogens is 1. The molecule has 0 fully saturated rings. The number of hydrogen-bond acceptors (Lipinski definition) is 3. The summed E-state index contributed by atoms with van der Waals surface area (Å²) in [6.45, 7) is 0. The van der Waals surface area contributed by atoms with Crippen molar-refractivity contribution < 1.29 is 4.39 Å². The third-order valence-corrected chi connectivity index (χ3v) is 3.12. The van der Waals surface area contributed by atoms with Crippen LogP contribution in [0, 0.1) is 17.1 Å². The highest BCUT2D eigenvalue weighted by molar-refractivity contribution is 5.59. The highest BCUT2D eigenvalue weighted by atomic mass is 19.1. The van der Waals surface area contributed by atoms with Gasteiger partial charge in [-0.3, -0.25) is 4.98 Å². The van der Waals surface area contributed by atoms with Crippen LogP contribution in [0.5, 0.6) is 0 Å². The minimum Gasteiger partial charge on any atom is -0.348 e. The molecule has 0 saturated carbocycles. The third kappa shape index (κ3) is 2.79. The van der Waals surface area contributed by atoms with Gasteiger partial charge in [0.05, 0.1) is 23.7 Å². The smallest absolute Gasteiger partial charge is 0.123 e. The number of benzene rings is 1. The lowest BCUT2D eigenvalue weighted by molar-refractivity contribution is 0.626. The van der Waals surface area contributed by atoms with E-state index >= 15 is 0 Å². The zero-order valence-corrected chi connectivity index (χ0v) is 11.0. The Bertz CT molecular complexity index is 817. The van der Waals surface area contributed by atoms with Crippen LogP contribution in [0.4, 0.5) is 4.39 Å². The Morgan fingerprint density at radius 3 is 2.90 bits per heavy atom. The number of nitriles is 1. The first kappa shape index (κ1) is 13.0. The Morgan fingerprint density at radius 1 is 1.19 bits per heavy atom. The predicted molar refractivity (Wildman–Crippen MR) is 75.7 cm³/mol. The molecule has 0 aliphatic carbocycles. The van der Waals surface area contributed by atoms with Crippen LogP contribution in [0.1, 0.15) is 16.8 Å². The monoisotopic (exact) mass is 278 g/mol. The summed E-state index contributed by atoms with van der Waals surface area (Å²) in [6, 6.07) is 11.8. The summed E-state index contributed by atoms with van der Waals surface area (Å²) in [7, 11) is 0. The van der Waals surface area contributed by atoms with E-state index in [-0.39, 0.29) is 5.82 Å². The topological polar surface area (TPSA) is 65.4 Å². The second-order valence-electron chi connectivity index (χ2n) is 4.58. The summed E-state index contributed by atoms with van der Waals surface area (Å²) >= 11 is 0. The number of nitrogens with zero attached hydrogens (tertiary/aromatic N) is 3. The van der Waals surface area contributed by atoms with E-state index in [4.69, 9.17) is 5.26 Å². The van der Waals surface area contributed by atoms with Gasteiger partial charge < -0.3 is 4.98 Å². The Morgan fingerprint density at radius 2 is 2.10 bits per heavy atom. The minimum atomic E-state index is -0.266. The molecule has 0 radical (unpaired) electrons. The Hall–Kier alpha value is -3.00. The summed E-state index contributed by atoms with van der Waals surface area (Å²) in [5.41, 5.74) is 3.51. The summed E-state index contributed by atoms with van der Waals surface area (Å²) in [4.78, 5) is 11.6. The van der Waals surface area contributed by atoms with E-state index in [1.165, 1.54) is 12.1 Å². The van der Waals surface area contributed by atoms with Crippen molar-refractivity contribution in [2.45, 2.75) is 6.42 Å². The fourth-order valence-corrected chi connectivity index (χ4v) is 2.16. The molecule has 21 heavy (non-hydrogen) atoms. The molecule has 3 aromatic rings. The fraction of sp³-hybridized carbons (Fsp3) is 0.0625. The van der Waals surface area contributed by atoms with Crippen molar-refractivity contribution in [1.82, 2.24) is 15.0 Å². The van der Waals surface area contributed by atoms with Gasteiger partial charge in [0, 0.05) is 18.3 Å². The van der Waals surface area contributed by atoms with Gasteiger partial charge in [-0.2, -0.15) is 5.26 Å². The molecule has 0 unspecified atom stereocenters. The van der Waals surface area contributed by atoms with Gasteiger partial charge in [0.25, 0.3) is 0 Å². The lowest BCUT2D eigenvalue weighted by Gasteiger charge is -2.03. The number of aromatic amines is 1. The van der Waals surface area contributed by atoms with Crippen molar-refractivity contribution in [1.29, 1.82) is 5.26 Å². The average Bonchev–Trinajstić information content (AvgIpc) is 2.95. The highest BCUT2D eigenvalue weighted by Crippen LogP contribution is 2.21. The van der Waals surface area contributed by atoms with Crippen LogP contribution < -0.4 is 0 Å². The van der Waals surface area contributed by atoms with Crippen molar-refractivity contribution in [3.05, 3.63) is 71.6 Å². The number of aromatic nitrogens is 3. The van der Waals surface area contributed by atoms with Gasteiger partial charge in [-0.25, -0.2) is 9.37 Å². The number of imidazole rings is 1. The van der Waals surface area contributed by atoms with Gasteiger partial charge in [-0.1, -0.05) is 12.1 Å². The maximum absolute atomic E-state index is 13.2. The zero-order valence-electron chi connectivity index (χ0n) is 11.0. The maximum atomic E-state index is 13.2.